The maximum absolute atomic E-state index is 11.5. The number of hydrogen-bond donors (Lipinski definition) is 2. The highest BCUT2D eigenvalue weighted by Gasteiger charge is 2.38. The standard InChI is InChI=1S/C10H19N3O/c1-5-10(4)8(14)12-9(13-10)11-6-7(2)3/h7H,5-6H2,1-4H3,(H2,11,12,13,14). The van der Waals surface area contributed by atoms with Crippen molar-refractivity contribution in [1.29, 1.82) is 0 Å². The van der Waals surface area contributed by atoms with Gasteiger partial charge in [0.2, 0.25) is 0 Å². The second kappa shape index (κ2) is 3.98. The molecule has 1 saturated heterocycles. The molecule has 0 spiro atoms. The Balaban J connectivity index is 2.63. The van der Waals surface area contributed by atoms with Crippen LogP contribution in [0.1, 0.15) is 34.1 Å². The van der Waals surface area contributed by atoms with Gasteiger partial charge in [-0.25, -0.2) is 0 Å². The zero-order chi connectivity index (χ0) is 10.8. The van der Waals surface area contributed by atoms with Gasteiger partial charge in [0.15, 0.2) is 5.96 Å². The van der Waals surface area contributed by atoms with Gasteiger partial charge in [0.1, 0.15) is 5.54 Å². The van der Waals surface area contributed by atoms with E-state index in [0.29, 0.717) is 11.9 Å². The Bertz CT molecular complexity index is 260. The van der Waals surface area contributed by atoms with Crippen molar-refractivity contribution >= 4 is 11.9 Å². The molecule has 4 heteroatoms. The Morgan fingerprint density at radius 2 is 2.14 bits per heavy atom. The Morgan fingerprint density at radius 3 is 2.57 bits per heavy atom. The van der Waals surface area contributed by atoms with Crippen LogP contribution < -0.4 is 10.6 Å². The van der Waals surface area contributed by atoms with E-state index in [4.69, 9.17) is 0 Å². The monoisotopic (exact) mass is 197 g/mol. The zero-order valence-electron chi connectivity index (χ0n) is 9.35. The fourth-order valence-electron chi connectivity index (χ4n) is 1.20. The molecule has 1 fully saturated rings. The lowest BCUT2D eigenvalue weighted by molar-refractivity contribution is -0.123. The Kier molecular flexibility index (Phi) is 3.13. The molecule has 1 aliphatic heterocycles. The molecule has 1 heterocycles. The third-order valence-corrected chi connectivity index (χ3v) is 2.45. The highest BCUT2D eigenvalue weighted by molar-refractivity contribution is 6.08. The number of aliphatic imine (C=N–C) groups is 1. The first-order valence-electron chi connectivity index (χ1n) is 5.12. The van der Waals surface area contributed by atoms with E-state index in [1.54, 1.807) is 0 Å². The van der Waals surface area contributed by atoms with E-state index < -0.39 is 5.54 Å². The van der Waals surface area contributed by atoms with Crippen molar-refractivity contribution in [3.63, 3.8) is 0 Å². The third-order valence-electron chi connectivity index (χ3n) is 2.45. The van der Waals surface area contributed by atoms with Crippen LogP contribution in [0.15, 0.2) is 4.99 Å². The van der Waals surface area contributed by atoms with Gasteiger partial charge in [-0.1, -0.05) is 20.8 Å². The molecule has 0 aromatic carbocycles. The molecule has 0 bridgehead atoms. The van der Waals surface area contributed by atoms with Crippen LogP contribution in [0.5, 0.6) is 0 Å². The van der Waals surface area contributed by atoms with Crippen molar-refractivity contribution in [2.24, 2.45) is 10.9 Å². The van der Waals surface area contributed by atoms with Gasteiger partial charge < -0.3 is 5.32 Å². The molecule has 0 saturated carbocycles. The quantitative estimate of drug-likeness (QED) is 0.706. The summed E-state index contributed by atoms with van der Waals surface area (Å²) in [4.78, 5) is 15.8. The molecular weight excluding hydrogens is 178 g/mol. The maximum Gasteiger partial charge on any atom is 0.252 e. The molecule has 4 nitrogen and oxygen atoms in total. The molecule has 0 aromatic rings. The minimum atomic E-state index is -0.476. The molecule has 1 amide bonds. The van der Waals surface area contributed by atoms with E-state index in [2.05, 4.69) is 29.5 Å². The number of amides is 1. The number of rotatable bonds is 3. The maximum atomic E-state index is 11.5. The highest BCUT2D eigenvalue weighted by atomic mass is 16.2. The minimum Gasteiger partial charge on any atom is -0.342 e. The number of carbonyl (C=O) groups excluding carboxylic acids is 1. The van der Waals surface area contributed by atoms with Crippen molar-refractivity contribution in [1.82, 2.24) is 10.6 Å². The first-order chi connectivity index (χ1) is 6.48. The SMILES string of the molecule is CCC1(C)NC(=NCC(C)C)NC1=O. The lowest BCUT2D eigenvalue weighted by Crippen LogP contribution is -2.42. The summed E-state index contributed by atoms with van der Waals surface area (Å²) in [5.41, 5.74) is -0.476. The summed E-state index contributed by atoms with van der Waals surface area (Å²) in [5.74, 6) is 1.14. The average molecular weight is 197 g/mol. The van der Waals surface area contributed by atoms with E-state index in [-0.39, 0.29) is 5.91 Å². The van der Waals surface area contributed by atoms with Gasteiger partial charge in [0, 0.05) is 6.54 Å². The van der Waals surface area contributed by atoms with Crippen LogP contribution in [0, 0.1) is 5.92 Å². The minimum absolute atomic E-state index is 0.0162. The second-order valence-electron chi connectivity index (χ2n) is 4.35. The molecule has 0 aliphatic carbocycles. The first kappa shape index (κ1) is 11.0. The summed E-state index contributed by atoms with van der Waals surface area (Å²) in [7, 11) is 0. The van der Waals surface area contributed by atoms with Gasteiger partial charge in [-0.15, -0.1) is 0 Å². The molecule has 14 heavy (non-hydrogen) atoms. The van der Waals surface area contributed by atoms with Gasteiger partial charge in [0.05, 0.1) is 0 Å². The predicted octanol–water partition coefficient (Wildman–Crippen LogP) is 0.886. The number of guanidine groups is 1. The topological polar surface area (TPSA) is 53.5 Å². The Morgan fingerprint density at radius 1 is 1.50 bits per heavy atom. The number of carbonyl (C=O) groups is 1. The summed E-state index contributed by atoms with van der Waals surface area (Å²) in [5, 5.41) is 5.86. The molecule has 80 valence electrons. The lowest BCUT2D eigenvalue weighted by Gasteiger charge is -2.17. The van der Waals surface area contributed by atoms with Gasteiger partial charge >= 0.3 is 0 Å². The van der Waals surface area contributed by atoms with Crippen LogP contribution in [-0.4, -0.2) is 24.0 Å². The smallest absolute Gasteiger partial charge is 0.252 e. The van der Waals surface area contributed by atoms with E-state index in [9.17, 15) is 4.79 Å². The van der Waals surface area contributed by atoms with Crippen molar-refractivity contribution in [3.8, 4) is 0 Å². The first-order valence-corrected chi connectivity index (χ1v) is 5.12. The molecule has 2 N–H and O–H groups in total. The molecule has 0 aromatic heterocycles. The average Bonchev–Trinajstić information content (AvgIpc) is 2.40. The van der Waals surface area contributed by atoms with Gasteiger partial charge in [-0.05, 0) is 19.3 Å². The van der Waals surface area contributed by atoms with Crippen LogP contribution in [0.4, 0.5) is 0 Å². The summed E-state index contributed by atoms with van der Waals surface area (Å²) >= 11 is 0. The molecule has 0 radical (unpaired) electrons. The molecular formula is C10H19N3O. The van der Waals surface area contributed by atoms with Gasteiger partial charge in [0.25, 0.3) is 5.91 Å². The van der Waals surface area contributed by atoms with Crippen molar-refractivity contribution in [2.75, 3.05) is 6.54 Å². The normalized spacial score (nSPS) is 29.5. The number of hydrogen-bond acceptors (Lipinski definition) is 2. The lowest BCUT2D eigenvalue weighted by atomic mass is 10.0. The summed E-state index contributed by atoms with van der Waals surface area (Å²) < 4.78 is 0. The van der Waals surface area contributed by atoms with E-state index in [1.165, 1.54) is 0 Å². The zero-order valence-corrected chi connectivity index (χ0v) is 9.35. The summed E-state index contributed by atoms with van der Waals surface area (Å²) in [6.07, 6.45) is 0.763. The van der Waals surface area contributed by atoms with Crippen LogP contribution in [0.25, 0.3) is 0 Å². The fraction of sp³-hybridized carbons (Fsp3) is 0.800. The molecule has 1 atom stereocenters. The second-order valence-corrected chi connectivity index (χ2v) is 4.35. The van der Waals surface area contributed by atoms with Crippen molar-refractivity contribution in [3.05, 3.63) is 0 Å². The molecule has 1 rings (SSSR count). The van der Waals surface area contributed by atoms with Crippen LogP contribution in [0.2, 0.25) is 0 Å². The predicted molar refractivity (Wildman–Crippen MR) is 57.1 cm³/mol. The summed E-state index contributed by atoms with van der Waals surface area (Å²) in [6, 6.07) is 0. The number of nitrogens with one attached hydrogen (secondary N) is 2. The van der Waals surface area contributed by atoms with Crippen LogP contribution >= 0.6 is 0 Å². The van der Waals surface area contributed by atoms with Crippen molar-refractivity contribution in [2.45, 2.75) is 39.7 Å². The van der Waals surface area contributed by atoms with Crippen molar-refractivity contribution < 1.29 is 4.79 Å². The van der Waals surface area contributed by atoms with Crippen LogP contribution in [0.3, 0.4) is 0 Å². The van der Waals surface area contributed by atoms with Crippen LogP contribution in [-0.2, 0) is 4.79 Å². The Hall–Kier alpha value is -1.06. The summed E-state index contributed by atoms with van der Waals surface area (Å²) in [6.45, 7) is 8.81. The van der Waals surface area contributed by atoms with E-state index >= 15 is 0 Å². The highest BCUT2D eigenvalue weighted by Crippen LogP contribution is 2.13. The fourth-order valence-corrected chi connectivity index (χ4v) is 1.20. The van der Waals surface area contributed by atoms with E-state index in [0.717, 1.165) is 13.0 Å². The Labute approximate surface area is 85.2 Å². The molecule has 1 aliphatic rings. The van der Waals surface area contributed by atoms with E-state index in [1.807, 2.05) is 13.8 Å². The third kappa shape index (κ3) is 2.25. The molecule has 1 unspecified atom stereocenters. The largest absolute Gasteiger partial charge is 0.342 e. The van der Waals surface area contributed by atoms with Gasteiger partial charge in [-0.3, -0.25) is 15.1 Å². The number of nitrogens with zero attached hydrogens (tertiary/aromatic N) is 1. The van der Waals surface area contributed by atoms with Gasteiger partial charge in [-0.2, -0.15) is 0 Å².